The summed E-state index contributed by atoms with van der Waals surface area (Å²) < 4.78 is 28.2. The maximum Gasteiger partial charge on any atom is 0.225 e. The highest BCUT2D eigenvalue weighted by Crippen LogP contribution is 2.32. The van der Waals surface area contributed by atoms with E-state index in [2.05, 4.69) is 0 Å². The minimum atomic E-state index is -0.724. The second-order valence-corrected chi connectivity index (χ2v) is 5.84. The summed E-state index contributed by atoms with van der Waals surface area (Å²) in [5, 5.41) is 8.75. The lowest BCUT2D eigenvalue weighted by molar-refractivity contribution is -0.132. The molecule has 1 aromatic rings. The van der Waals surface area contributed by atoms with Crippen molar-refractivity contribution in [1.82, 2.24) is 4.90 Å². The van der Waals surface area contributed by atoms with Crippen molar-refractivity contribution in [2.24, 2.45) is 5.92 Å². The quantitative estimate of drug-likeness (QED) is 0.842. The third-order valence-corrected chi connectivity index (χ3v) is 4.20. The molecule has 0 N–H and O–H groups in total. The van der Waals surface area contributed by atoms with Crippen LogP contribution in [-0.4, -0.2) is 37.0 Å². The van der Waals surface area contributed by atoms with Crippen LogP contribution in [0.5, 0.6) is 0 Å². The molecule has 0 unspecified atom stereocenters. The van der Waals surface area contributed by atoms with Crippen LogP contribution in [0, 0.1) is 28.9 Å². The second kappa shape index (κ2) is 5.91. The SMILES string of the molecule is N#Cc1cc(F)c(N2CCCN(C(=O)C3CC3)CC2)c(F)c1. The lowest BCUT2D eigenvalue weighted by Crippen LogP contribution is -2.36. The number of nitrogens with zero attached hydrogens (tertiary/aromatic N) is 3. The lowest BCUT2D eigenvalue weighted by Gasteiger charge is -2.24. The highest BCUT2D eigenvalue weighted by Gasteiger charge is 2.34. The topological polar surface area (TPSA) is 47.3 Å². The van der Waals surface area contributed by atoms with E-state index in [1.54, 1.807) is 15.9 Å². The Labute approximate surface area is 127 Å². The Morgan fingerprint density at radius 3 is 2.41 bits per heavy atom. The van der Waals surface area contributed by atoms with Gasteiger partial charge in [-0.1, -0.05) is 0 Å². The summed E-state index contributed by atoms with van der Waals surface area (Å²) >= 11 is 0. The lowest BCUT2D eigenvalue weighted by atomic mass is 10.2. The first-order valence-electron chi connectivity index (χ1n) is 7.53. The van der Waals surface area contributed by atoms with Crippen LogP contribution in [0.3, 0.4) is 0 Å². The Bertz CT molecular complexity index is 614. The summed E-state index contributed by atoms with van der Waals surface area (Å²) in [5.41, 5.74) is -0.126. The largest absolute Gasteiger partial charge is 0.365 e. The minimum Gasteiger partial charge on any atom is -0.365 e. The van der Waals surface area contributed by atoms with Crippen LogP contribution in [-0.2, 0) is 4.79 Å². The third-order valence-electron chi connectivity index (χ3n) is 4.20. The molecule has 0 spiro atoms. The van der Waals surface area contributed by atoms with Gasteiger partial charge in [0.2, 0.25) is 5.91 Å². The van der Waals surface area contributed by atoms with Crippen molar-refractivity contribution in [1.29, 1.82) is 5.26 Å². The predicted molar refractivity (Wildman–Crippen MR) is 77.2 cm³/mol. The molecule has 1 saturated carbocycles. The molecule has 1 amide bonds. The van der Waals surface area contributed by atoms with Crippen LogP contribution in [0.15, 0.2) is 12.1 Å². The molecule has 1 aromatic carbocycles. The molecule has 0 radical (unpaired) electrons. The van der Waals surface area contributed by atoms with Crippen LogP contribution < -0.4 is 4.90 Å². The first kappa shape index (κ1) is 14.8. The van der Waals surface area contributed by atoms with Crippen molar-refractivity contribution in [3.8, 4) is 6.07 Å². The fourth-order valence-electron chi connectivity index (χ4n) is 2.88. The molecule has 22 heavy (non-hydrogen) atoms. The smallest absolute Gasteiger partial charge is 0.225 e. The number of halogens is 2. The zero-order valence-electron chi connectivity index (χ0n) is 12.2. The van der Waals surface area contributed by atoms with E-state index in [-0.39, 0.29) is 23.1 Å². The van der Waals surface area contributed by atoms with Gasteiger partial charge >= 0.3 is 0 Å². The van der Waals surface area contributed by atoms with Gasteiger partial charge < -0.3 is 9.80 Å². The van der Waals surface area contributed by atoms with Crippen molar-refractivity contribution in [2.45, 2.75) is 19.3 Å². The molecule has 6 heteroatoms. The summed E-state index contributed by atoms with van der Waals surface area (Å²) in [7, 11) is 0. The maximum atomic E-state index is 14.1. The zero-order valence-corrected chi connectivity index (χ0v) is 12.2. The van der Waals surface area contributed by atoms with Gasteiger partial charge in [0, 0.05) is 32.1 Å². The molecular weight excluding hydrogens is 288 g/mol. The Balaban J connectivity index is 1.76. The molecule has 0 bridgehead atoms. The number of hydrogen-bond acceptors (Lipinski definition) is 3. The van der Waals surface area contributed by atoms with Crippen LogP contribution in [0.1, 0.15) is 24.8 Å². The summed E-state index contributed by atoms with van der Waals surface area (Å²) in [6.07, 6.45) is 2.59. The van der Waals surface area contributed by atoms with Gasteiger partial charge in [-0.2, -0.15) is 5.26 Å². The monoisotopic (exact) mass is 305 g/mol. The van der Waals surface area contributed by atoms with Gasteiger partial charge in [0.15, 0.2) is 11.6 Å². The summed E-state index contributed by atoms with van der Waals surface area (Å²) in [6, 6.07) is 3.85. The highest BCUT2D eigenvalue weighted by atomic mass is 19.1. The van der Waals surface area contributed by atoms with Gasteiger partial charge in [-0.25, -0.2) is 8.78 Å². The van der Waals surface area contributed by atoms with E-state index in [1.807, 2.05) is 0 Å². The van der Waals surface area contributed by atoms with Gasteiger partial charge in [0.25, 0.3) is 0 Å². The van der Waals surface area contributed by atoms with Crippen molar-refractivity contribution < 1.29 is 13.6 Å². The van der Waals surface area contributed by atoms with Crippen LogP contribution in [0.2, 0.25) is 0 Å². The predicted octanol–water partition coefficient (Wildman–Crippen LogP) is 2.29. The van der Waals surface area contributed by atoms with Crippen LogP contribution in [0.25, 0.3) is 0 Å². The fourth-order valence-corrected chi connectivity index (χ4v) is 2.88. The average Bonchev–Trinajstić information content (AvgIpc) is 3.33. The summed E-state index contributed by atoms with van der Waals surface area (Å²) in [6.45, 7) is 2.01. The van der Waals surface area contributed by atoms with E-state index in [9.17, 15) is 13.6 Å². The summed E-state index contributed by atoms with van der Waals surface area (Å²) in [5.74, 6) is -1.12. The number of rotatable bonds is 2. The van der Waals surface area contributed by atoms with Crippen molar-refractivity contribution >= 4 is 11.6 Å². The van der Waals surface area contributed by atoms with Crippen LogP contribution in [0.4, 0.5) is 14.5 Å². The van der Waals surface area contributed by atoms with E-state index in [0.717, 1.165) is 25.0 Å². The van der Waals surface area contributed by atoms with E-state index in [1.165, 1.54) is 0 Å². The maximum absolute atomic E-state index is 14.1. The molecule has 4 nitrogen and oxygen atoms in total. The zero-order chi connectivity index (χ0) is 15.7. The van der Waals surface area contributed by atoms with Crippen LogP contribution >= 0.6 is 0 Å². The Morgan fingerprint density at radius 2 is 1.82 bits per heavy atom. The standard InChI is InChI=1S/C16H17F2N3O/c17-13-8-11(10-19)9-14(18)15(13)20-4-1-5-21(7-6-20)16(22)12-2-3-12/h8-9,12H,1-7H2. The normalized spacial score (nSPS) is 18.8. The number of carbonyl (C=O) groups is 1. The van der Waals surface area contributed by atoms with Gasteiger partial charge in [-0.05, 0) is 31.4 Å². The first-order chi connectivity index (χ1) is 10.6. The molecule has 0 atom stereocenters. The third kappa shape index (κ3) is 2.89. The van der Waals surface area contributed by atoms with Gasteiger partial charge in [0.05, 0.1) is 11.6 Å². The molecule has 1 aliphatic carbocycles. The molecule has 1 aliphatic heterocycles. The van der Waals surface area contributed by atoms with E-state index in [0.29, 0.717) is 32.6 Å². The Morgan fingerprint density at radius 1 is 1.14 bits per heavy atom. The number of nitriles is 1. The van der Waals surface area contributed by atoms with Gasteiger partial charge in [-0.15, -0.1) is 0 Å². The minimum absolute atomic E-state index is 0.0286. The van der Waals surface area contributed by atoms with Crippen molar-refractivity contribution in [3.05, 3.63) is 29.3 Å². The summed E-state index contributed by atoms with van der Waals surface area (Å²) in [4.78, 5) is 15.5. The Kier molecular flexibility index (Phi) is 3.97. The number of carbonyl (C=O) groups excluding carboxylic acids is 1. The molecule has 1 heterocycles. The highest BCUT2D eigenvalue weighted by molar-refractivity contribution is 5.81. The number of anilines is 1. The Hall–Kier alpha value is -2.16. The number of amides is 1. The molecule has 2 fully saturated rings. The fraction of sp³-hybridized carbons (Fsp3) is 0.500. The number of hydrogen-bond donors (Lipinski definition) is 0. The van der Waals surface area contributed by atoms with Gasteiger partial charge in [-0.3, -0.25) is 4.79 Å². The van der Waals surface area contributed by atoms with Gasteiger partial charge in [0.1, 0.15) is 5.69 Å². The molecule has 2 aliphatic rings. The molecule has 1 saturated heterocycles. The number of benzene rings is 1. The molecule has 116 valence electrons. The van der Waals surface area contributed by atoms with Crippen molar-refractivity contribution in [3.63, 3.8) is 0 Å². The molecule has 0 aromatic heterocycles. The second-order valence-electron chi connectivity index (χ2n) is 5.84. The van der Waals surface area contributed by atoms with E-state index in [4.69, 9.17) is 5.26 Å². The first-order valence-corrected chi connectivity index (χ1v) is 7.53. The van der Waals surface area contributed by atoms with E-state index >= 15 is 0 Å². The average molecular weight is 305 g/mol. The van der Waals surface area contributed by atoms with Crippen molar-refractivity contribution in [2.75, 3.05) is 31.1 Å². The molecular formula is C16H17F2N3O. The van der Waals surface area contributed by atoms with E-state index < -0.39 is 11.6 Å². The molecule has 3 rings (SSSR count).